The number of nitrogens with one attached hydrogen (secondary N) is 1. The topological polar surface area (TPSA) is 52.7 Å². The molecule has 3 amide bonds. The fourth-order valence-electron chi connectivity index (χ4n) is 2.87. The fourth-order valence-corrected chi connectivity index (χ4v) is 2.87. The first kappa shape index (κ1) is 19.1. The first-order valence-electron chi connectivity index (χ1n) is 8.04. The molecule has 1 heterocycles. The third kappa shape index (κ3) is 4.64. The number of carbonyl (C=O) groups excluding carboxylic acids is 2. The lowest BCUT2D eigenvalue weighted by Gasteiger charge is -2.33. The van der Waals surface area contributed by atoms with E-state index in [1.165, 1.54) is 24.0 Å². The minimum Gasteiger partial charge on any atom is -0.331 e. The molecule has 1 aliphatic rings. The van der Waals surface area contributed by atoms with Crippen molar-refractivity contribution in [3.05, 3.63) is 29.3 Å². The molecule has 8 heteroatoms. The van der Waals surface area contributed by atoms with Crippen LogP contribution in [0.25, 0.3) is 0 Å². The summed E-state index contributed by atoms with van der Waals surface area (Å²) in [5.74, 6) is -0.629. The Morgan fingerprint density at radius 1 is 1.20 bits per heavy atom. The van der Waals surface area contributed by atoms with Gasteiger partial charge in [-0.05, 0) is 37.5 Å². The molecule has 1 saturated heterocycles. The van der Waals surface area contributed by atoms with Gasteiger partial charge in [0.15, 0.2) is 0 Å². The van der Waals surface area contributed by atoms with E-state index in [0.717, 1.165) is 6.07 Å². The minimum atomic E-state index is -4.46. The quantitative estimate of drug-likeness (QED) is 0.883. The van der Waals surface area contributed by atoms with Gasteiger partial charge in [0, 0.05) is 38.8 Å². The van der Waals surface area contributed by atoms with Crippen molar-refractivity contribution in [1.29, 1.82) is 0 Å². The maximum absolute atomic E-state index is 13.0. The SMILES string of the molecule is Cc1ccc(NC(=O)C2CCN(C(=O)N(C)C)CC2)cc1C(F)(F)F. The van der Waals surface area contributed by atoms with Gasteiger partial charge in [0.25, 0.3) is 0 Å². The molecule has 0 atom stereocenters. The Morgan fingerprint density at radius 3 is 2.32 bits per heavy atom. The summed E-state index contributed by atoms with van der Waals surface area (Å²) in [5, 5.41) is 2.57. The number of alkyl halides is 3. The second-order valence-electron chi connectivity index (χ2n) is 6.46. The van der Waals surface area contributed by atoms with Gasteiger partial charge in [-0.2, -0.15) is 13.2 Å². The lowest BCUT2D eigenvalue weighted by atomic mass is 9.96. The van der Waals surface area contributed by atoms with Crippen molar-refractivity contribution in [2.45, 2.75) is 25.9 Å². The Labute approximate surface area is 144 Å². The molecule has 138 valence electrons. The number of urea groups is 1. The molecular weight excluding hydrogens is 335 g/mol. The van der Waals surface area contributed by atoms with Crippen molar-refractivity contribution in [1.82, 2.24) is 9.80 Å². The highest BCUT2D eigenvalue weighted by Gasteiger charge is 2.33. The largest absolute Gasteiger partial charge is 0.416 e. The average molecular weight is 357 g/mol. The summed E-state index contributed by atoms with van der Waals surface area (Å²) in [4.78, 5) is 27.3. The molecule has 0 unspecified atom stereocenters. The number of hydrogen-bond acceptors (Lipinski definition) is 2. The summed E-state index contributed by atoms with van der Waals surface area (Å²) in [6, 6.07) is 3.66. The number of aryl methyl sites for hydroxylation is 1. The van der Waals surface area contributed by atoms with E-state index in [4.69, 9.17) is 0 Å². The van der Waals surface area contributed by atoms with E-state index in [-0.39, 0.29) is 29.1 Å². The van der Waals surface area contributed by atoms with Crippen molar-refractivity contribution in [3.63, 3.8) is 0 Å². The molecule has 2 rings (SSSR count). The van der Waals surface area contributed by atoms with Gasteiger partial charge >= 0.3 is 12.2 Å². The number of amides is 3. The Morgan fingerprint density at radius 2 is 1.80 bits per heavy atom. The zero-order valence-electron chi connectivity index (χ0n) is 14.5. The van der Waals surface area contributed by atoms with Gasteiger partial charge in [-0.1, -0.05) is 6.07 Å². The molecule has 25 heavy (non-hydrogen) atoms. The summed E-state index contributed by atoms with van der Waals surface area (Å²) >= 11 is 0. The number of rotatable bonds is 2. The van der Waals surface area contributed by atoms with Crippen molar-refractivity contribution in [2.75, 3.05) is 32.5 Å². The van der Waals surface area contributed by atoms with E-state index in [0.29, 0.717) is 25.9 Å². The predicted octanol–water partition coefficient (Wildman–Crippen LogP) is 3.35. The summed E-state index contributed by atoms with van der Waals surface area (Å²) in [5.41, 5.74) is -0.507. The highest BCUT2D eigenvalue weighted by Crippen LogP contribution is 2.33. The van der Waals surface area contributed by atoms with Gasteiger partial charge in [-0.25, -0.2) is 4.79 Å². The van der Waals surface area contributed by atoms with Gasteiger partial charge in [-0.3, -0.25) is 4.79 Å². The molecule has 1 aromatic carbocycles. The lowest BCUT2D eigenvalue weighted by Crippen LogP contribution is -2.45. The molecule has 5 nitrogen and oxygen atoms in total. The van der Waals surface area contributed by atoms with Gasteiger partial charge in [0.1, 0.15) is 0 Å². The predicted molar refractivity (Wildman–Crippen MR) is 88.2 cm³/mol. The molecule has 0 saturated carbocycles. The Balaban J connectivity index is 1.99. The number of likely N-dealkylation sites (tertiary alicyclic amines) is 1. The molecule has 1 aliphatic heterocycles. The van der Waals surface area contributed by atoms with Crippen LogP contribution in [0.1, 0.15) is 24.0 Å². The molecule has 0 radical (unpaired) electrons. The van der Waals surface area contributed by atoms with Crippen LogP contribution in [0.15, 0.2) is 18.2 Å². The van der Waals surface area contributed by atoms with E-state index in [1.54, 1.807) is 19.0 Å². The van der Waals surface area contributed by atoms with Crippen LogP contribution < -0.4 is 5.32 Å². The standard InChI is InChI=1S/C17H22F3N3O2/c1-11-4-5-13(10-14(11)17(18,19)20)21-15(24)12-6-8-23(9-7-12)16(25)22(2)3/h4-5,10,12H,6-9H2,1-3H3,(H,21,24). The van der Waals surface area contributed by atoms with Crippen LogP contribution in [-0.4, -0.2) is 48.9 Å². The average Bonchev–Trinajstić information content (AvgIpc) is 2.55. The minimum absolute atomic E-state index is 0.104. The number of carbonyl (C=O) groups is 2. The first-order chi connectivity index (χ1) is 11.6. The maximum atomic E-state index is 13.0. The summed E-state index contributed by atoms with van der Waals surface area (Å²) in [6.45, 7) is 2.29. The van der Waals surface area contributed by atoms with Gasteiger partial charge < -0.3 is 15.1 Å². The van der Waals surface area contributed by atoms with E-state index in [1.807, 2.05) is 0 Å². The number of anilines is 1. The zero-order chi connectivity index (χ0) is 18.8. The summed E-state index contributed by atoms with van der Waals surface area (Å²) in [7, 11) is 3.33. The van der Waals surface area contributed by atoms with E-state index in [9.17, 15) is 22.8 Å². The number of hydrogen-bond donors (Lipinski definition) is 1. The Bertz CT molecular complexity index is 651. The summed E-state index contributed by atoms with van der Waals surface area (Å²) in [6.07, 6.45) is -3.48. The molecule has 0 bridgehead atoms. The number of piperidine rings is 1. The van der Waals surface area contributed by atoms with E-state index in [2.05, 4.69) is 5.32 Å². The zero-order valence-corrected chi connectivity index (χ0v) is 14.5. The third-order valence-corrected chi connectivity index (χ3v) is 4.33. The van der Waals surface area contributed by atoms with E-state index < -0.39 is 11.7 Å². The van der Waals surface area contributed by atoms with Gasteiger partial charge in [0.2, 0.25) is 5.91 Å². The van der Waals surface area contributed by atoms with Gasteiger partial charge in [-0.15, -0.1) is 0 Å². The monoisotopic (exact) mass is 357 g/mol. The molecule has 1 aromatic rings. The van der Waals surface area contributed by atoms with Crippen molar-refractivity contribution in [3.8, 4) is 0 Å². The van der Waals surface area contributed by atoms with Crippen molar-refractivity contribution >= 4 is 17.6 Å². The van der Waals surface area contributed by atoms with Crippen molar-refractivity contribution in [2.24, 2.45) is 5.92 Å². The van der Waals surface area contributed by atoms with Crippen molar-refractivity contribution < 1.29 is 22.8 Å². The van der Waals surface area contributed by atoms with Gasteiger partial charge in [0.05, 0.1) is 5.56 Å². The number of nitrogens with zero attached hydrogens (tertiary/aromatic N) is 2. The lowest BCUT2D eigenvalue weighted by molar-refractivity contribution is -0.138. The van der Waals surface area contributed by atoms with Crippen LogP contribution >= 0.6 is 0 Å². The van der Waals surface area contributed by atoms with Crippen LogP contribution in [0.4, 0.5) is 23.7 Å². The molecule has 0 aromatic heterocycles. The smallest absolute Gasteiger partial charge is 0.331 e. The molecule has 0 aliphatic carbocycles. The fraction of sp³-hybridized carbons (Fsp3) is 0.529. The van der Waals surface area contributed by atoms with E-state index >= 15 is 0 Å². The highest BCUT2D eigenvalue weighted by molar-refractivity contribution is 5.92. The van der Waals surface area contributed by atoms with Crippen LogP contribution in [-0.2, 0) is 11.0 Å². The highest BCUT2D eigenvalue weighted by atomic mass is 19.4. The second-order valence-corrected chi connectivity index (χ2v) is 6.46. The molecular formula is C17H22F3N3O2. The normalized spacial score (nSPS) is 15.8. The Kier molecular flexibility index (Phi) is 5.59. The number of benzene rings is 1. The molecule has 0 spiro atoms. The second kappa shape index (κ2) is 7.33. The number of halogens is 3. The first-order valence-corrected chi connectivity index (χ1v) is 8.04. The van der Waals surface area contributed by atoms with Crippen LogP contribution in [0.5, 0.6) is 0 Å². The van der Waals surface area contributed by atoms with Crippen LogP contribution in [0, 0.1) is 12.8 Å². The maximum Gasteiger partial charge on any atom is 0.416 e. The van der Waals surface area contributed by atoms with Crippen LogP contribution in [0.3, 0.4) is 0 Å². The molecule has 1 N–H and O–H groups in total. The third-order valence-electron chi connectivity index (χ3n) is 4.33. The molecule has 1 fully saturated rings. The Hall–Kier alpha value is -2.25. The summed E-state index contributed by atoms with van der Waals surface area (Å²) < 4.78 is 38.9. The van der Waals surface area contributed by atoms with Crippen LogP contribution in [0.2, 0.25) is 0 Å².